The minimum Gasteiger partial charge on any atom is -0.493 e. The van der Waals surface area contributed by atoms with E-state index < -0.39 is 17.8 Å². The van der Waals surface area contributed by atoms with Gasteiger partial charge in [-0.25, -0.2) is 4.39 Å². The molecule has 0 spiro atoms. The molecule has 1 atom stereocenters. The van der Waals surface area contributed by atoms with Crippen molar-refractivity contribution >= 4 is 17.6 Å². The Labute approximate surface area is 103 Å². The van der Waals surface area contributed by atoms with Crippen molar-refractivity contribution in [1.29, 1.82) is 0 Å². The molecule has 0 radical (unpaired) electrons. The number of ether oxygens (including phenoxy) is 1. The van der Waals surface area contributed by atoms with Crippen LogP contribution >= 0.6 is 11.6 Å². The summed E-state index contributed by atoms with van der Waals surface area (Å²) in [6, 6.07) is 1.97. The number of rotatable bonds is 5. The van der Waals surface area contributed by atoms with Crippen LogP contribution in [-0.2, 0) is 4.79 Å². The van der Waals surface area contributed by atoms with Gasteiger partial charge in [-0.15, -0.1) is 0 Å². The highest BCUT2D eigenvalue weighted by Crippen LogP contribution is 2.32. The SMILES string of the molecule is COc1c(F)cc(Cl)cc1C(N)CCC(=O)O. The Morgan fingerprint density at radius 2 is 2.29 bits per heavy atom. The molecule has 1 aromatic rings. The number of aliphatic carboxylic acids is 1. The van der Waals surface area contributed by atoms with Gasteiger partial charge in [0.1, 0.15) is 0 Å². The minimum absolute atomic E-state index is 0.00675. The van der Waals surface area contributed by atoms with Crippen molar-refractivity contribution in [3.05, 3.63) is 28.5 Å². The molecule has 1 rings (SSSR count). The molecule has 0 heterocycles. The number of hydrogen-bond donors (Lipinski definition) is 2. The number of methoxy groups -OCH3 is 1. The van der Waals surface area contributed by atoms with Crippen LogP contribution in [0.4, 0.5) is 4.39 Å². The Hall–Kier alpha value is -1.33. The van der Waals surface area contributed by atoms with E-state index in [0.717, 1.165) is 6.07 Å². The van der Waals surface area contributed by atoms with Crippen LogP contribution in [0.25, 0.3) is 0 Å². The van der Waals surface area contributed by atoms with Gasteiger partial charge in [0.25, 0.3) is 0 Å². The van der Waals surface area contributed by atoms with Crippen molar-refractivity contribution in [1.82, 2.24) is 0 Å². The number of carbonyl (C=O) groups is 1. The van der Waals surface area contributed by atoms with E-state index in [1.54, 1.807) is 0 Å². The number of hydrogen-bond acceptors (Lipinski definition) is 3. The summed E-state index contributed by atoms with van der Waals surface area (Å²) in [5, 5.41) is 8.76. The van der Waals surface area contributed by atoms with Crippen molar-refractivity contribution in [2.24, 2.45) is 5.73 Å². The van der Waals surface area contributed by atoms with Gasteiger partial charge in [-0.05, 0) is 18.6 Å². The Kier molecular flexibility index (Phi) is 4.72. The van der Waals surface area contributed by atoms with E-state index in [2.05, 4.69) is 0 Å². The molecule has 0 amide bonds. The molecular formula is C11H13ClFNO3. The van der Waals surface area contributed by atoms with E-state index in [0.29, 0.717) is 5.56 Å². The maximum Gasteiger partial charge on any atom is 0.303 e. The van der Waals surface area contributed by atoms with Gasteiger partial charge in [-0.2, -0.15) is 0 Å². The highest BCUT2D eigenvalue weighted by Gasteiger charge is 2.17. The van der Waals surface area contributed by atoms with Gasteiger partial charge in [0.05, 0.1) is 7.11 Å². The zero-order valence-corrected chi connectivity index (χ0v) is 10.00. The predicted octanol–water partition coefficient (Wildman–Crippen LogP) is 2.35. The first kappa shape index (κ1) is 13.7. The molecule has 3 N–H and O–H groups in total. The van der Waals surface area contributed by atoms with E-state index in [1.807, 2.05) is 0 Å². The second kappa shape index (κ2) is 5.84. The van der Waals surface area contributed by atoms with Gasteiger partial charge >= 0.3 is 5.97 Å². The molecule has 6 heteroatoms. The Morgan fingerprint density at radius 3 is 2.82 bits per heavy atom. The van der Waals surface area contributed by atoms with E-state index in [-0.39, 0.29) is 23.6 Å². The van der Waals surface area contributed by atoms with Gasteiger partial charge in [0.15, 0.2) is 11.6 Å². The topological polar surface area (TPSA) is 72.5 Å². The van der Waals surface area contributed by atoms with E-state index in [1.165, 1.54) is 13.2 Å². The normalized spacial score (nSPS) is 12.2. The molecule has 4 nitrogen and oxygen atoms in total. The molecule has 0 bridgehead atoms. The standard InChI is InChI=1S/C11H13ClFNO3/c1-17-11-7(4-6(12)5-8(11)13)9(14)2-3-10(15)16/h4-5,9H,2-3,14H2,1H3,(H,15,16). The van der Waals surface area contributed by atoms with Crippen molar-refractivity contribution in [2.45, 2.75) is 18.9 Å². The third-order valence-electron chi connectivity index (χ3n) is 2.31. The predicted molar refractivity (Wildman–Crippen MR) is 61.8 cm³/mol. The first-order valence-corrected chi connectivity index (χ1v) is 5.33. The Balaban J connectivity index is 2.98. The summed E-state index contributed by atoms with van der Waals surface area (Å²) in [5.74, 6) is -1.56. The van der Waals surface area contributed by atoms with Crippen LogP contribution in [0.15, 0.2) is 12.1 Å². The summed E-state index contributed by atoms with van der Waals surface area (Å²) in [4.78, 5) is 10.4. The second-order valence-electron chi connectivity index (χ2n) is 3.55. The molecule has 0 aliphatic rings. The molecule has 17 heavy (non-hydrogen) atoms. The quantitative estimate of drug-likeness (QED) is 0.853. The lowest BCUT2D eigenvalue weighted by Gasteiger charge is -2.15. The monoisotopic (exact) mass is 261 g/mol. The van der Waals surface area contributed by atoms with Crippen LogP contribution < -0.4 is 10.5 Å². The summed E-state index contributed by atoms with van der Waals surface area (Å²) in [6.07, 6.45) is 0.0872. The van der Waals surface area contributed by atoms with Crippen LogP contribution in [0, 0.1) is 5.82 Å². The number of carboxylic acids is 1. The first-order valence-electron chi connectivity index (χ1n) is 4.96. The second-order valence-corrected chi connectivity index (χ2v) is 3.99. The lowest BCUT2D eigenvalue weighted by atomic mass is 10.0. The van der Waals surface area contributed by atoms with Crippen LogP contribution in [0.3, 0.4) is 0 Å². The van der Waals surface area contributed by atoms with E-state index >= 15 is 0 Å². The largest absolute Gasteiger partial charge is 0.493 e. The summed E-state index contributed by atoms with van der Waals surface area (Å²) in [6.45, 7) is 0. The Morgan fingerprint density at radius 1 is 1.65 bits per heavy atom. The number of nitrogens with two attached hydrogens (primary N) is 1. The summed E-state index contributed by atoms with van der Waals surface area (Å²) >= 11 is 5.72. The molecule has 1 aromatic carbocycles. The summed E-state index contributed by atoms with van der Waals surface area (Å²) in [7, 11) is 1.32. The molecule has 94 valence electrons. The summed E-state index contributed by atoms with van der Waals surface area (Å²) in [5.41, 5.74) is 6.16. The highest BCUT2D eigenvalue weighted by molar-refractivity contribution is 6.30. The molecular weight excluding hydrogens is 249 g/mol. The maximum atomic E-state index is 13.5. The van der Waals surface area contributed by atoms with Crippen LogP contribution in [0.1, 0.15) is 24.4 Å². The van der Waals surface area contributed by atoms with Crippen molar-refractivity contribution in [3.8, 4) is 5.75 Å². The lowest BCUT2D eigenvalue weighted by Crippen LogP contribution is -2.14. The van der Waals surface area contributed by atoms with E-state index in [4.69, 9.17) is 27.2 Å². The van der Waals surface area contributed by atoms with Gasteiger partial charge in [-0.3, -0.25) is 4.79 Å². The molecule has 0 aromatic heterocycles. The molecule has 1 unspecified atom stereocenters. The van der Waals surface area contributed by atoms with Crippen molar-refractivity contribution in [3.63, 3.8) is 0 Å². The van der Waals surface area contributed by atoms with Gasteiger partial charge in [0, 0.05) is 23.0 Å². The zero-order valence-electron chi connectivity index (χ0n) is 9.24. The average molecular weight is 262 g/mol. The van der Waals surface area contributed by atoms with Gasteiger partial charge in [0.2, 0.25) is 0 Å². The fourth-order valence-corrected chi connectivity index (χ4v) is 1.72. The van der Waals surface area contributed by atoms with E-state index in [9.17, 15) is 9.18 Å². The average Bonchev–Trinajstić information content (AvgIpc) is 2.24. The first-order chi connectivity index (χ1) is 7.95. The Bertz CT molecular complexity index is 425. The molecule has 0 saturated carbocycles. The minimum atomic E-state index is -0.957. The zero-order chi connectivity index (χ0) is 13.0. The van der Waals surface area contributed by atoms with Gasteiger partial charge in [-0.1, -0.05) is 11.6 Å². The maximum absolute atomic E-state index is 13.5. The third kappa shape index (κ3) is 3.57. The number of carboxylic acid groups (broad SMARTS) is 1. The molecule has 0 aliphatic carbocycles. The third-order valence-corrected chi connectivity index (χ3v) is 2.53. The highest BCUT2D eigenvalue weighted by atomic mass is 35.5. The fourth-order valence-electron chi connectivity index (χ4n) is 1.51. The van der Waals surface area contributed by atoms with Gasteiger partial charge < -0.3 is 15.6 Å². The molecule has 0 saturated heterocycles. The fraction of sp³-hybridized carbons (Fsp3) is 0.364. The summed E-state index contributed by atoms with van der Waals surface area (Å²) < 4.78 is 18.4. The van der Waals surface area contributed by atoms with Crippen LogP contribution in [-0.4, -0.2) is 18.2 Å². The van der Waals surface area contributed by atoms with Crippen molar-refractivity contribution in [2.75, 3.05) is 7.11 Å². The van der Waals surface area contributed by atoms with Crippen LogP contribution in [0.2, 0.25) is 5.02 Å². The van der Waals surface area contributed by atoms with Crippen molar-refractivity contribution < 1.29 is 19.0 Å². The lowest BCUT2D eigenvalue weighted by molar-refractivity contribution is -0.137. The molecule has 0 fully saturated rings. The van der Waals surface area contributed by atoms with Crippen LogP contribution in [0.5, 0.6) is 5.75 Å². The number of halogens is 2. The number of benzene rings is 1. The smallest absolute Gasteiger partial charge is 0.303 e. The molecule has 0 aliphatic heterocycles.